The smallest absolute Gasteiger partial charge is 0.325 e. The summed E-state index contributed by atoms with van der Waals surface area (Å²) in [6, 6.07) is 0. The van der Waals surface area contributed by atoms with Crippen molar-refractivity contribution >= 4 is 23.6 Å². The summed E-state index contributed by atoms with van der Waals surface area (Å²) in [5, 5.41) is 14.5. The van der Waals surface area contributed by atoms with Gasteiger partial charge in [-0.2, -0.15) is 0 Å². The number of esters is 2. The molecule has 8 heteroatoms. The highest BCUT2D eigenvalue weighted by Crippen LogP contribution is 2.77. The van der Waals surface area contributed by atoms with Crippen LogP contribution < -0.4 is 5.32 Å². The van der Waals surface area contributed by atoms with E-state index in [9.17, 15) is 24.3 Å². The van der Waals surface area contributed by atoms with E-state index in [1.165, 1.54) is 6.92 Å². The Hall–Kier alpha value is -2.22. The third kappa shape index (κ3) is 5.51. The van der Waals surface area contributed by atoms with E-state index in [2.05, 4.69) is 53.8 Å². The van der Waals surface area contributed by atoms with E-state index in [-0.39, 0.29) is 64.3 Å². The molecule has 8 nitrogen and oxygen atoms in total. The van der Waals surface area contributed by atoms with Gasteiger partial charge in [-0.3, -0.25) is 19.2 Å². The number of carbonyl (C=O) groups excluding carboxylic acids is 4. The van der Waals surface area contributed by atoms with Gasteiger partial charge in [0.15, 0.2) is 5.78 Å². The minimum Gasteiger partial charge on any atom is -0.462 e. The van der Waals surface area contributed by atoms with Crippen LogP contribution in [-0.4, -0.2) is 53.1 Å². The molecule has 9 atom stereocenters. The Bertz CT molecular complexity index is 1360. The van der Waals surface area contributed by atoms with Gasteiger partial charge in [0, 0.05) is 24.2 Å². The Labute approximate surface area is 282 Å². The lowest BCUT2D eigenvalue weighted by molar-refractivity contribution is -0.234. The van der Waals surface area contributed by atoms with Gasteiger partial charge in [0.2, 0.25) is 5.91 Å². The van der Waals surface area contributed by atoms with Crippen LogP contribution in [0.2, 0.25) is 0 Å². The highest BCUT2D eigenvalue weighted by atomic mass is 16.6. The monoisotopic (exact) mass is 655 g/mol. The van der Waals surface area contributed by atoms with Crippen LogP contribution in [0.25, 0.3) is 0 Å². The number of Topliss-reactive ketones (excluding diaryl/α,β-unsaturated/α-hetero) is 1. The highest BCUT2D eigenvalue weighted by molar-refractivity contribution is 6.02. The molecule has 0 aromatic heterocycles. The number of aliphatic hydroxyl groups excluding tert-OH is 1. The van der Waals surface area contributed by atoms with Crippen molar-refractivity contribution in [2.75, 3.05) is 6.54 Å². The molecule has 1 amide bonds. The van der Waals surface area contributed by atoms with Crippen molar-refractivity contribution in [1.82, 2.24) is 5.32 Å². The fourth-order valence-electron chi connectivity index (χ4n) is 12.3. The SMILES string of the molecule is CC(=O)O[C@H]1CC[C@]2(C)[C@H]3CC[C@@H]4C5=C(C(C)C)C(=O)C[C@]5(C(O)C(=O)NCC(=O)OC(C)(C)C)CC[C@@]4(C)[C@]3(C)CC[C@H]2C1(C)C. The molecule has 2 N–H and O–H groups in total. The predicted octanol–water partition coefficient (Wildman–Crippen LogP) is 6.72. The van der Waals surface area contributed by atoms with E-state index < -0.39 is 29.0 Å². The standard InChI is InChI=1S/C39H61NO7/c1-22(2)30-25(42)20-39(32(44)33(45)40-21-29(43)47-34(4,5)6)19-18-37(10)24(31(30)39)12-13-27-36(9)16-15-28(46-23(3)41)35(7,8)26(36)14-17-38(27,37)11/h22,24,26-28,32,44H,12-21H2,1-11H3,(H,40,45)/t24-,26+,27-,28+,32?,36+,37-,38-,39-/m1/s1. The van der Waals surface area contributed by atoms with Crippen LogP contribution in [0.5, 0.6) is 0 Å². The minimum atomic E-state index is -1.43. The van der Waals surface area contributed by atoms with Crippen LogP contribution in [0.3, 0.4) is 0 Å². The molecule has 0 aromatic carbocycles. The number of rotatable bonds is 6. The zero-order valence-corrected chi connectivity index (χ0v) is 30.9. The van der Waals surface area contributed by atoms with E-state index in [0.717, 1.165) is 56.1 Å². The number of hydrogen-bond donors (Lipinski definition) is 2. The molecule has 4 fully saturated rings. The molecule has 0 saturated heterocycles. The van der Waals surface area contributed by atoms with Crippen molar-refractivity contribution < 1.29 is 33.8 Å². The lowest BCUT2D eigenvalue weighted by atomic mass is 9.33. The first-order valence-electron chi connectivity index (χ1n) is 18.2. The Morgan fingerprint density at radius 1 is 0.915 bits per heavy atom. The lowest BCUT2D eigenvalue weighted by Crippen LogP contribution is -2.66. The number of aliphatic hydroxyl groups is 1. The molecule has 0 radical (unpaired) electrons. The summed E-state index contributed by atoms with van der Waals surface area (Å²) in [7, 11) is 0. The lowest BCUT2D eigenvalue weighted by Gasteiger charge is -2.72. The molecule has 0 aromatic rings. The highest BCUT2D eigenvalue weighted by Gasteiger charge is 2.71. The summed E-state index contributed by atoms with van der Waals surface area (Å²) in [5.74, 6) is -0.359. The van der Waals surface area contributed by atoms with Crippen molar-refractivity contribution in [3.8, 4) is 0 Å². The van der Waals surface area contributed by atoms with Crippen LogP contribution >= 0.6 is 0 Å². The molecule has 5 rings (SSSR count). The van der Waals surface area contributed by atoms with Crippen LogP contribution in [-0.2, 0) is 28.7 Å². The fraction of sp³-hybridized carbons (Fsp3) is 0.846. The summed E-state index contributed by atoms with van der Waals surface area (Å²) >= 11 is 0. The molecular weight excluding hydrogens is 594 g/mol. The molecule has 47 heavy (non-hydrogen) atoms. The topological polar surface area (TPSA) is 119 Å². The molecule has 5 aliphatic carbocycles. The van der Waals surface area contributed by atoms with E-state index in [1.807, 2.05) is 0 Å². The maximum absolute atomic E-state index is 13.9. The normalized spacial score (nSPS) is 40.1. The molecule has 264 valence electrons. The number of ether oxygens (including phenoxy) is 2. The van der Waals surface area contributed by atoms with Crippen molar-refractivity contribution in [2.24, 2.45) is 50.7 Å². The molecule has 0 aliphatic heterocycles. The van der Waals surface area contributed by atoms with Crippen molar-refractivity contribution in [3.05, 3.63) is 11.1 Å². The summed E-state index contributed by atoms with van der Waals surface area (Å²) in [5.41, 5.74) is 0.0445. The van der Waals surface area contributed by atoms with Crippen molar-refractivity contribution in [1.29, 1.82) is 0 Å². The van der Waals surface area contributed by atoms with Gasteiger partial charge in [-0.05, 0) is 123 Å². The molecule has 5 aliphatic rings. The third-order valence-electron chi connectivity index (χ3n) is 14.3. The van der Waals surface area contributed by atoms with Crippen LogP contribution in [0.1, 0.15) is 134 Å². The number of amides is 1. The Morgan fingerprint density at radius 3 is 2.17 bits per heavy atom. The van der Waals surface area contributed by atoms with Gasteiger partial charge in [0.1, 0.15) is 24.4 Å². The summed E-state index contributed by atoms with van der Waals surface area (Å²) in [4.78, 5) is 51.9. The largest absolute Gasteiger partial charge is 0.462 e. The van der Waals surface area contributed by atoms with E-state index in [1.54, 1.807) is 20.8 Å². The molecule has 0 bridgehead atoms. The first-order valence-corrected chi connectivity index (χ1v) is 18.2. The van der Waals surface area contributed by atoms with Gasteiger partial charge in [-0.25, -0.2) is 0 Å². The average Bonchev–Trinajstić information content (AvgIpc) is 3.25. The predicted molar refractivity (Wildman–Crippen MR) is 180 cm³/mol. The quantitative estimate of drug-likeness (QED) is 0.305. The van der Waals surface area contributed by atoms with E-state index >= 15 is 0 Å². The van der Waals surface area contributed by atoms with Gasteiger partial charge in [-0.15, -0.1) is 0 Å². The first-order chi connectivity index (χ1) is 21.5. The van der Waals surface area contributed by atoms with Gasteiger partial charge in [-0.1, -0.05) is 48.5 Å². The number of hydrogen-bond acceptors (Lipinski definition) is 7. The summed E-state index contributed by atoms with van der Waals surface area (Å²) < 4.78 is 11.3. The summed E-state index contributed by atoms with van der Waals surface area (Å²) in [6.07, 6.45) is 5.97. The third-order valence-corrected chi connectivity index (χ3v) is 14.3. The molecular formula is C39H61NO7. The minimum absolute atomic E-state index is 0.00231. The fourth-order valence-corrected chi connectivity index (χ4v) is 12.3. The zero-order chi connectivity index (χ0) is 35.1. The maximum atomic E-state index is 13.9. The zero-order valence-electron chi connectivity index (χ0n) is 30.9. The number of carbonyl (C=O) groups is 4. The number of allylic oxidation sites excluding steroid dienone is 1. The second-order valence-electron chi connectivity index (χ2n) is 18.5. The molecule has 0 heterocycles. The van der Waals surface area contributed by atoms with Gasteiger partial charge < -0.3 is 19.9 Å². The summed E-state index contributed by atoms with van der Waals surface area (Å²) in [6.45, 7) is 22.6. The van der Waals surface area contributed by atoms with Gasteiger partial charge >= 0.3 is 11.9 Å². The van der Waals surface area contributed by atoms with E-state index in [4.69, 9.17) is 9.47 Å². The Kier molecular flexibility index (Phi) is 8.97. The average molecular weight is 656 g/mol. The van der Waals surface area contributed by atoms with Crippen LogP contribution in [0, 0.1) is 50.7 Å². The maximum Gasteiger partial charge on any atom is 0.325 e. The number of nitrogens with one attached hydrogen (secondary N) is 1. The molecule has 0 spiro atoms. The number of fused-ring (bicyclic) bond motifs is 7. The molecule has 4 saturated carbocycles. The van der Waals surface area contributed by atoms with Crippen molar-refractivity contribution in [3.63, 3.8) is 0 Å². The second kappa shape index (κ2) is 11.7. The Morgan fingerprint density at radius 2 is 1.57 bits per heavy atom. The molecule has 1 unspecified atom stereocenters. The second-order valence-corrected chi connectivity index (χ2v) is 18.5. The van der Waals surface area contributed by atoms with E-state index in [0.29, 0.717) is 18.3 Å². The van der Waals surface area contributed by atoms with Gasteiger partial charge in [0.05, 0.1) is 0 Å². The van der Waals surface area contributed by atoms with Gasteiger partial charge in [0.25, 0.3) is 0 Å². The first kappa shape index (κ1) is 36.1. The Balaban J connectivity index is 1.48. The van der Waals surface area contributed by atoms with Crippen LogP contribution in [0.4, 0.5) is 0 Å². The van der Waals surface area contributed by atoms with Crippen LogP contribution in [0.15, 0.2) is 11.1 Å². The van der Waals surface area contributed by atoms with Crippen molar-refractivity contribution in [2.45, 2.75) is 152 Å². The number of ketones is 1.